The normalized spacial score (nSPS) is 15.9. The van der Waals surface area contributed by atoms with Gasteiger partial charge in [-0.25, -0.2) is 15.0 Å². The third-order valence-corrected chi connectivity index (χ3v) is 6.21. The van der Waals surface area contributed by atoms with E-state index in [-0.39, 0.29) is 17.8 Å². The molecular weight excluding hydrogens is 414 g/mol. The van der Waals surface area contributed by atoms with E-state index in [2.05, 4.69) is 27.9 Å². The summed E-state index contributed by atoms with van der Waals surface area (Å²) in [5.74, 6) is 1.61. The first kappa shape index (κ1) is 20.9. The van der Waals surface area contributed by atoms with E-state index < -0.39 is 0 Å². The van der Waals surface area contributed by atoms with Crippen molar-refractivity contribution in [3.63, 3.8) is 0 Å². The molecule has 1 aliphatic rings. The van der Waals surface area contributed by atoms with Gasteiger partial charge in [0.1, 0.15) is 5.75 Å². The number of nitrogen functional groups attached to an aromatic ring is 1. The van der Waals surface area contributed by atoms with Gasteiger partial charge in [-0.05, 0) is 49.6 Å². The number of amides is 1. The Kier molecular flexibility index (Phi) is 5.38. The van der Waals surface area contributed by atoms with Crippen molar-refractivity contribution in [1.82, 2.24) is 15.0 Å². The number of anilines is 2. The van der Waals surface area contributed by atoms with Gasteiger partial charge in [0.05, 0.1) is 16.9 Å². The molecule has 33 heavy (non-hydrogen) atoms. The number of benzene rings is 2. The predicted octanol–water partition coefficient (Wildman–Crippen LogP) is 5.14. The Morgan fingerprint density at radius 3 is 2.73 bits per heavy atom. The van der Waals surface area contributed by atoms with Crippen LogP contribution in [0.2, 0.25) is 0 Å². The minimum atomic E-state index is 0.0952. The van der Waals surface area contributed by atoms with Crippen molar-refractivity contribution in [1.29, 1.82) is 0 Å². The van der Waals surface area contributed by atoms with E-state index in [9.17, 15) is 4.79 Å². The Hall–Kier alpha value is -4.00. The lowest BCUT2D eigenvalue weighted by Gasteiger charge is -2.21. The highest BCUT2D eigenvalue weighted by Crippen LogP contribution is 2.40. The largest absolute Gasteiger partial charge is 0.437 e. The van der Waals surface area contributed by atoms with Crippen LogP contribution in [0.15, 0.2) is 60.9 Å². The Morgan fingerprint density at radius 2 is 1.94 bits per heavy atom. The smallest absolute Gasteiger partial charge is 0.230 e. The molecule has 0 aliphatic carbocycles. The van der Waals surface area contributed by atoms with E-state index in [0.29, 0.717) is 17.3 Å². The quantitative estimate of drug-likeness (QED) is 0.463. The van der Waals surface area contributed by atoms with E-state index in [1.165, 1.54) is 0 Å². The number of pyridine rings is 1. The molecule has 7 nitrogen and oxygen atoms in total. The number of nitrogens with zero attached hydrogens (tertiary/aromatic N) is 4. The lowest BCUT2D eigenvalue weighted by atomic mass is 10.0. The molecule has 0 unspecified atom stereocenters. The van der Waals surface area contributed by atoms with Crippen LogP contribution in [0.4, 0.5) is 11.6 Å². The van der Waals surface area contributed by atoms with Crippen molar-refractivity contribution in [2.75, 3.05) is 17.2 Å². The second kappa shape index (κ2) is 8.50. The summed E-state index contributed by atoms with van der Waals surface area (Å²) in [6.07, 6.45) is 5.05. The molecule has 7 heteroatoms. The van der Waals surface area contributed by atoms with Crippen LogP contribution in [0.25, 0.3) is 22.0 Å². The number of rotatable bonds is 5. The SMILES string of the molecule is CC[C@@H]1CCN(c2cccc3c(Oc4ncccc4-c4ccnc(N)n4)c(C)ccc23)C1=O. The van der Waals surface area contributed by atoms with E-state index in [1.807, 2.05) is 48.2 Å². The second-order valence-electron chi connectivity index (χ2n) is 8.23. The molecule has 5 rings (SSSR count). The average Bonchev–Trinajstić information content (AvgIpc) is 3.21. The van der Waals surface area contributed by atoms with Gasteiger partial charge in [-0.1, -0.05) is 31.2 Å². The highest BCUT2D eigenvalue weighted by Gasteiger charge is 2.32. The van der Waals surface area contributed by atoms with Crippen LogP contribution in [0.5, 0.6) is 11.6 Å². The van der Waals surface area contributed by atoms with Gasteiger partial charge in [0.25, 0.3) is 0 Å². The first-order chi connectivity index (χ1) is 16.1. The van der Waals surface area contributed by atoms with E-state index >= 15 is 0 Å². The molecule has 1 aliphatic heterocycles. The molecule has 4 aromatic rings. The van der Waals surface area contributed by atoms with E-state index in [4.69, 9.17) is 10.5 Å². The zero-order chi connectivity index (χ0) is 22.9. The van der Waals surface area contributed by atoms with Crippen molar-refractivity contribution in [3.05, 3.63) is 66.5 Å². The number of fused-ring (bicyclic) bond motifs is 1. The number of carbonyl (C=O) groups excluding carboxylic acids is 1. The molecule has 1 atom stereocenters. The van der Waals surface area contributed by atoms with Gasteiger partial charge in [-0.15, -0.1) is 0 Å². The number of ether oxygens (including phenoxy) is 1. The van der Waals surface area contributed by atoms with Gasteiger partial charge in [-0.3, -0.25) is 4.79 Å². The third-order valence-electron chi connectivity index (χ3n) is 6.21. The van der Waals surface area contributed by atoms with Crippen molar-refractivity contribution >= 4 is 28.3 Å². The summed E-state index contributed by atoms with van der Waals surface area (Å²) in [7, 11) is 0. The predicted molar refractivity (Wildman–Crippen MR) is 129 cm³/mol. The first-order valence-corrected chi connectivity index (χ1v) is 11.1. The van der Waals surface area contributed by atoms with Gasteiger partial charge in [0, 0.05) is 35.6 Å². The molecule has 0 saturated carbocycles. The van der Waals surface area contributed by atoms with Crippen LogP contribution >= 0.6 is 0 Å². The van der Waals surface area contributed by atoms with Crippen molar-refractivity contribution in [3.8, 4) is 22.9 Å². The summed E-state index contributed by atoms with van der Waals surface area (Å²) in [6.45, 7) is 4.81. The van der Waals surface area contributed by atoms with Crippen LogP contribution in [0.3, 0.4) is 0 Å². The van der Waals surface area contributed by atoms with Gasteiger partial charge in [-0.2, -0.15) is 0 Å². The van der Waals surface area contributed by atoms with E-state index in [1.54, 1.807) is 18.5 Å². The van der Waals surface area contributed by atoms with Crippen LogP contribution in [-0.2, 0) is 4.79 Å². The molecule has 2 aromatic carbocycles. The number of aryl methyl sites for hydroxylation is 1. The molecular formula is C26H25N5O2. The summed E-state index contributed by atoms with van der Waals surface area (Å²) >= 11 is 0. The number of aromatic nitrogens is 3. The molecule has 1 saturated heterocycles. The molecule has 0 spiro atoms. The van der Waals surface area contributed by atoms with E-state index in [0.717, 1.165) is 47.0 Å². The fraction of sp³-hybridized carbons (Fsp3) is 0.231. The Balaban J connectivity index is 1.60. The second-order valence-corrected chi connectivity index (χ2v) is 8.23. The lowest BCUT2D eigenvalue weighted by molar-refractivity contribution is -0.120. The van der Waals surface area contributed by atoms with Crippen molar-refractivity contribution < 1.29 is 9.53 Å². The molecule has 2 aromatic heterocycles. The zero-order valence-corrected chi connectivity index (χ0v) is 18.7. The highest BCUT2D eigenvalue weighted by molar-refractivity contribution is 6.07. The van der Waals surface area contributed by atoms with Crippen LogP contribution in [-0.4, -0.2) is 27.4 Å². The van der Waals surface area contributed by atoms with Gasteiger partial charge in [0.2, 0.25) is 17.7 Å². The van der Waals surface area contributed by atoms with Gasteiger partial charge < -0.3 is 15.4 Å². The van der Waals surface area contributed by atoms with Crippen molar-refractivity contribution in [2.24, 2.45) is 5.92 Å². The summed E-state index contributed by atoms with van der Waals surface area (Å²) in [4.78, 5) is 27.6. The summed E-state index contributed by atoms with van der Waals surface area (Å²) in [6, 6.07) is 15.6. The highest BCUT2D eigenvalue weighted by atomic mass is 16.5. The first-order valence-electron chi connectivity index (χ1n) is 11.1. The Labute approximate surface area is 192 Å². The summed E-state index contributed by atoms with van der Waals surface area (Å²) in [5, 5.41) is 1.91. The fourth-order valence-electron chi connectivity index (χ4n) is 4.44. The van der Waals surface area contributed by atoms with Gasteiger partial charge in [0.15, 0.2) is 0 Å². The molecule has 3 heterocycles. The maximum Gasteiger partial charge on any atom is 0.230 e. The standard InChI is InChI=1S/C26H25N5O2/c1-3-17-12-15-31(25(17)32)22-8-4-6-19-18(22)10-9-16(2)23(19)33-24-20(7-5-13-28-24)21-11-14-29-26(27)30-21/h4-11,13-14,17H,3,12,15H2,1-2H3,(H2,27,29,30)/t17-/m1/s1. The molecule has 1 amide bonds. The Morgan fingerprint density at radius 1 is 1.06 bits per heavy atom. The fourth-order valence-corrected chi connectivity index (χ4v) is 4.44. The minimum Gasteiger partial charge on any atom is -0.437 e. The monoisotopic (exact) mass is 439 g/mol. The van der Waals surface area contributed by atoms with Gasteiger partial charge >= 0.3 is 0 Å². The van der Waals surface area contributed by atoms with Crippen LogP contribution < -0.4 is 15.4 Å². The third kappa shape index (κ3) is 3.75. The number of hydrogen-bond acceptors (Lipinski definition) is 6. The average molecular weight is 440 g/mol. The van der Waals surface area contributed by atoms with Crippen LogP contribution in [0.1, 0.15) is 25.3 Å². The summed E-state index contributed by atoms with van der Waals surface area (Å²) in [5.41, 5.74) is 9.04. The topological polar surface area (TPSA) is 94.2 Å². The maximum absolute atomic E-state index is 12.9. The Bertz CT molecular complexity index is 1350. The number of nitrogens with two attached hydrogens (primary N) is 1. The van der Waals surface area contributed by atoms with Crippen molar-refractivity contribution in [2.45, 2.75) is 26.7 Å². The summed E-state index contributed by atoms with van der Waals surface area (Å²) < 4.78 is 6.42. The molecule has 0 radical (unpaired) electrons. The molecule has 1 fully saturated rings. The zero-order valence-electron chi connectivity index (χ0n) is 18.7. The number of carbonyl (C=O) groups is 1. The molecule has 0 bridgehead atoms. The van der Waals surface area contributed by atoms with Crippen LogP contribution in [0, 0.1) is 12.8 Å². The lowest BCUT2D eigenvalue weighted by Crippen LogP contribution is -2.26. The maximum atomic E-state index is 12.9. The number of hydrogen-bond donors (Lipinski definition) is 1. The molecule has 166 valence electrons. The molecule has 2 N–H and O–H groups in total. The minimum absolute atomic E-state index is 0.0952.